The summed E-state index contributed by atoms with van der Waals surface area (Å²) in [5.41, 5.74) is 1.59. The monoisotopic (exact) mass is 454 g/mol. The summed E-state index contributed by atoms with van der Waals surface area (Å²) in [7, 11) is 7.78. The minimum absolute atomic E-state index is 0. The van der Waals surface area contributed by atoms with Crippen molar-refractivity contribution >= 4 is 50.7 Å². The molecule has 0 bridgehead atoms. The number of rotatable bonds is 7. The van der Waals surface area contributed by atoms with E-state index in [0.717, 1.165) is 36.1 Å². The lowest BCUT2D eigenvalue weighted by Crippen LogP contribution is -2.33. The van der Waals surface area contributed by atoms with Crippen molar-refractivity contribution in [3.8, 4) is 0 Å². The number of nitrogens with zero attached hydrogens (tertiary/aromatic N) is 4. The number of aromatic nitrogens is 1. The fourth-order valence-corrected chi connectivity index (χ4v) is 3.98. The van der Waals surface area contributed by atoms with E-state index in [1.54, 1.807) is 17.0 Å². The molecular weight excluding hydrogens is 430 g/mol. The molecule has 0 spiro atoms. The number of hydrogen-bond donors (Lipinski definition) is 0. The first-order chi connectivity index (χ1) is 13.8. The fourth-order valence-electron chi connectivity index (χ4n) is 2.95. The van der Waals surface area contributed by atoms with Gasteiger partial charge in [-0.05, 0) is 57.4 Å². The number of halogens is 3. The smallest absolute Gasteiger partial charge is 0.260 e. The zero-order chi connectivity index (χ0) is 21.1. The van der Waals surface area contributed by atoms with Crippen molar-refractivity contribution in [1.29, 1.82) is 0 Å². The van der Waals surface area contributed by atoms with Crippen LogP contribution in [0, 0.1) is 11.6 Å². The first kappa shape index (κ1) is 24.0. The van der Waals surface area contributed by atoms with Gasteiger partial charge in [0.15, 0.2) is 10.9 Å². The number of amides is 1. The Balaban J connectivity index is 0.00000320. The molecule has 0 unspecified atom stereocenters. The molecule has 30 heavy (non-hydrogen) atoms. The lowest BCUT2D eigenvalue weighted by Gasteiger charge is -2.21. The molecule has 0 saturated heterocycles. The number of carbonyl (C=O) groups excluding carboxylic acids is 1. The second kappa shape index (κ2) is 10.1. The minimum Gasteiger partial charge on any atom is -0.378 e. The van der Waals surface area contributed by atoms with Gasteiger partial charge in [-0.2, -0.15) is 0 Å². The van der Waals surface area contributed by atoms with Crippen LogP contribution in [-0.2, 0) is 0 Å². The van der Waals surface area contributed by atoms with Crippen LogP contribution in [0.15, 0.2) is 36.4 Å². The van der Waals surface area contributed by atoms with Gasteiger partial charge in [-0.3, -0.25) is 9.69 Å². The Morgan fingerprint density at radius 3 is 2.30 bits per heavy atom. The van der Waals surface area contributed by atoms with Gasteiger partial charge in [-0.25, -0.2) is 13.8 Å². The van der Waals surface area contributed by atoms with Gasteiger partial charge >= 0.3 is 0 Å². The van der Waals surface area contributed by atoms with Crippen LogP contribution < -0.4 is 9.80 Å². The number of benzene rings is 2. The van der Waals surface area contributed by atoms with E-state index in [-0.39, 0.29) is 23.8 Å². The molecule has 0 aliphatic carbocycles. The molecule has 9 heteroatoms. The van der Waals surface area contributed by atoms with Gasteiger partial charge in [-0.1, -0.05) is 11.3 Å². The highest BCUT2D eigenvalue weighted by Crippen LogP contribution is 2.32. The van der Waals surface area contributed by atoms with Gasteiger partial charge in [0.05, 0.1) is 4.70 Å². The van der Waals surface area contributed by atoms with Gasteiger partial charge in [0.1, 0.15) is 11.3 Å². The summed E-state index contributed by atoms with van der Waals surface area (Å²) in [5, 5.41) is 0.366. The average molecular weight is 455 g/mol. The first-order valence-corrected chi connectivity index (χ1v) is 10.1. The minimum atomic E-state index is -0.724. The molecule has 0 N–H and O–H groups in total. The molecule has 1 amide bonds. The molecule has 3 aromatic rings. The molecule has 3 rings (SSSR count). The lowest BCUT2D eigenvalue weighted by molar-refractivity contribution is 0.0986. The summed E-state index contributed by atoms with van der Waals surface area (Å²) < 4.78 is 28.1. The molecule has 0 atom stereocenters. The van der Waals surface area contributed by atoms with E-state index in [4.69, 9.17) is 0 Å². The molecule has 162 valence electrons. The average Bonchev–Trinajstić information content (AvgIpc) is 3.08. The Bertz CT molecular complexity index is 1010. The third-order valence-corrected chi connectivity index (χ3v) is 5.52. The summed E-state index contributed by atoms with van der Waals surface area (Å²) in [6.45, 7) is 1.22. The maximum absolute atomic E-state index is 14.1. The second-order valence-corrected chi connectivity index (χ2v) is 8.29. The Morgan fingerprint density at radius 2 is 1.70 bits per heavy atom. The van der Waals surface area contributed by atoms with E-state index in [1.807, 2.05) is 50.1 Å². The number of carbonyl (C=O) groups is 1. The van der Waals surface area contributed by atoms with E-state index >= 15 is 0 Å². The predicted octanol–water partition coefficient (Wildman–Crippen LogP) is 4.66. The molecule has 0 aliphatic heterocycles. The molecule has 1 heterocycles. The topological polar surface area (TPSA) is 39.7 Å². The quantitative estimate of drug-likeness (QED) is 0.520. The fraction of sp³-hybridized carbons (Fsp3) is 0.333. The highest BCUT2D eigenvalue weighted by atomic mass is 35.5. The van der Waals surface area contributed by atoms with E-state index < -0.39 is 11.6 Å². The van der Waals surface area contributed by atoms with Crippen molar-refractivity contribution < 1.29 is 13.6 Å². The summed E-state index contributed by atoms with van der Waals surface area (Å²) in [6, 6.07) is 9.34. The van der Waals surface area contributed by atoms with Crippen molar-refractivity contribution in [2.24, 2.45) is 0 Å². The van der Waals surface area contributed by atoms with Gasteiger partial charge in [0.2, 0.25) is 0 Å². The number of thiazole rings is 1. The third kappa shape index (κ3) is 5.44. The van der Waals surface area contributed by atoms with Crippen molar-refractivity contribution in [3.63, 3.8) is 0 Å². The number of fused-ring (bicyclic) bond motifs is 1. The van der Waals surface area contributed by atoms with Crippen molar-refractivity contribution in [3.05, 3.63) is 53.6 Å². The van der Waals surface area contributed by atoms with Gasteiger partial charge in [0.25, 0.3) is 5.91 Å². The summed E-state index contributed by atoms with van der Waals surface area (Å²) in [5.74, 6) is -1.59. The molecular formula is C21H25ClF2N4OS. The normalized spacial score (nSPS) is 10.9. The van der Waals surface area contributed by atoms with E-state index in [0.29, 0.717) is 21.9 Å². The summed E-state index contributed by atoms with van der Waals surface area (Å²) >= 11 is 1.12. The molecule has 0 fully saturated rings. The van der Waals surface area contributed by atoms with Crippen molar-refractivity contribution in [2.75, 3.05) is 51.1 Å². The third-order valence-electron chi connectivity index (χ3n) is 4.50. The van der Waals surface area contributed by atoms with Crippen LogP contribution in [-0.4, -0.2) is 57.1 Å². The first-order valence-electron chi connectivity index (χ1n) is 9.26. The molecule has 0 aliphatic rings. The highest BCUT2D eigenvalue weighted by Gasteiger charge is 2.22. The molecule has 0 radical (unpaired) electrons. The van der Waals surface area contributed by atoms with E-state index in [2.05, 4.69) is 4.98 Å². The van der Waals surface area contributed by atoms with Gasteiger partial charge in [0, 0.05) is 38.0 Å². The Hall–Kier alpha value is -2.29. The van der Waals surface area contributed by atoms with Crippen LogP contribution in [0.3, 0.4) is 0 Å². The van der Waals surface area contributed by atoms with Crippen LogP contribution in [0.4, 0.5) is 19.6 Å². The van der Waals surface area contributed by atoms with Crippen molar-refractivity contribution in [1.82, 2.24) is 9.88 Å². The zero-order valence-electron chi connectivity index (χ0n) is 17.4. The number of anilines is 2. The molecule has 5 nitrogen and oxygen atoms in total. The summed E-state index contributed by atoms with van der Waals surface area (Å²) in [6.07, 6.45) is 0.724. The molecule has 1 aromatic heterocycles. The van der Waals surface area contributed by atoms with E-state index in [1.165, 1.54) is 6.07 Å². The highest BCUT2D eigenvalue weighted by molar-refractivity contribution is 7.22. The standard InChI is InChI=1S/C21H24F2N4OS.ClH/c1-25(2)10-5-11-27(20(28)14-6-8-16(9-7-14)26(3)4)21-24-19-17(23)12-15(22)13-18(19)29-21;/h6-9,12-13H,5,10-11H2,1-4H3;1H. The lowest BCUT2D eigenvalue weighted by atomic mass is 10.1. The van der Waals surface area contributed by atoms with Crippen LogP contribution in [0.1, 0.15) is 16.8 Å². The second-order valence-electron chi connectivity index (χ2n) is 7.29. The van der Waals surface area contributed by atoms with Crippen LogP contribution in [0.25, 0.3) is 10.2 Å². The largest absolute Gasteiger partial charge is 0.378 e. The van der Waals surface area contributed by atoms with Gasteiger partial charge < -0.3 is 9.80 Å². The zero-order valence-corrected chi connectivity index (χ0v) is 19.0. The molecule has 0 saturated carbocycles. The molecule has 2 aromatic carbocycles. The van der Waals surface area contributed by atoms with Crippen LogP contribution in [0.2, 0.25) is 0 Å². The van der Waals surface area contributed by atoms with Gasteiger partial charge in [-0.15, -0.1) is 12.4 Å². The Labute approximate surface area is 185 Å². The maximum atomic E-state index is 14.1. The van der Waals surface area contributed by atoms with Crippen molar-refractivity contribution in [2.45, 2.75) is 6.42 Å². The van der Waals surface area contributed by atoms with E-state index in [9.17, 15) is 13.6 Å². The Morgan fingerprint density at radius 1 is 1.03 bits per heavy atom. The van der Waals surface area contributed by atoms with Crippen LogP contribution >= 0.6 is 23.7 Å². The SMILES string of the molecule is CN(C)CCCN(C(=O)c1ccc(N(C)C)cc1)c1nc2c(F)cc(F)cc2s1.Cl. The Kier molecular flexibility index (Phi) is 8.11. The predicted molar refractivity (Wildman–Crippen MR) is 122 cm³/mol. The summed E-state index contributed by atoms with van der Waals surface area (Å²) in [4.78, 5) is 23.1. The maximum Gasteiger partial charge on any atom is 0.260 e. The van der Waals surface area contributed by atoms with Crippen LogP contribution in [0.5, 0.6) is 0 Å². The number of hydrogen-bond acceptors (Lipinski definition) is 5.